The van der Waals surface area contributed by atoms with Gasteiger partial charge in [0.1, 0.15) is 17.3 Å². The average molecular weight is 443 g/mol. The molecule has 0 saturated carbocycles. The van der Waals surface area contributed by atoms with E-state index in [1.807, 2.05) is 0 Å². The lowest BCUT2D eigenvalue weighted by molar-refractivity contribution is -0.140. The molecule has 0 radical (unpaired) electrons. The molecule has 1 unspecified atom stereocenters. The lowest BCUT2D eigenvalue weighted by Crippen LogP contribution is -2.32. The van der Waals surface area contributed by atoms with E-state index in [1.54, 1.807) is 18.2 Å². The van der Waals surface area contributed by atoms with E-state index in [4.69, 9.17) is 18.9 Å². The van der Waals surface area contributed by atoms with Crippen LogP contribution in [0.5, 0.6) is 23.0 Å². The average Bonchev–Trinajstić information content (AvgIpc) is 3.06. The molecule has 9 nitrogen and oxygen atoms in total. The lowest BCUT2D eigenvalue weighted by atomic mass is 9.94. The van der Waals surface area contributed by atoms with Crippen LogP contribution < -0.4 is 14.2 Å². The van der Waals surface area contributed by atoms with Crippen LogP contribution in [0.4, 0.5) is 0 Å². The molecular weight excluding hydrogens is 418 g/mol. The maximum absolute atomic E-state index is 13.0. The summed E-state index contributed by atoms with van der Waals surface area (Å²) in [5.74, 6) is -1.20. The van der Waals surface area contributed by atoms with E-state index in [0.717, 1.165) is 0 Å². The summed E-state index contributed by atoms with van der Waals surface area (Å²) < 4.78 is 20.7. The van der Waals surface area contributed by atoms with Crippen molar-refractivity contribution in [2.45, 2.75) is 6.04 Å². The number of aliphatic hydroxyl groups is 1. The van der Waals surface area contributed by atoms with Crippen LogP contribution in [-0.4, -0.2) is 68.4 Å². The number of hydrogen-bond donors (Lipinski definition) is 2. The number of methoxy groups -OCH3 is 4. The van der Waals surface area contributed by atoms with Gasteiger partial charge in [-0.15, -0.1) is 0 Å². The number of aliphatic hydroxyl groups excluding tert-OH is 1. The van der Waals surface area contributed by atoms with Crippen molar-refractivity contribution in [3.63, 3.8) is 0 Å². The number of Topliss-reactive ketones (excluding diaryl/α,β-unsaturated/α-hetero) is 1. The summed E-state index contributed by atoms with van der Waals surface area (Å²) in [5, 5.41) is 21.4. The first-order chi connectivity index (χ1) is 15.4. The number of ketones is 1. The Morgan fingerprint density at radius 1 is 0.969 bits per heavy atom. The highest BCUT2D eigenvalue weighted by Crippen LogP contribution is 2.43. The van der Waals surface area contributed by atoms with E-state index in [2.05, 4.69) is 0 Å². The predicted octanol–water partition coefficient (Wildman–Crippen LogP) is 2.49. The van der Waals surface area contributed by atoms with Gasteiger partial charge in [-0.25, -0.2) is 0 Å². The highest BCUT2D eigenvalue weighted by Gasteiger charge is 2.46. The van der Waals surface area contributed by atoms with Crippen LogP contribution in [-0.2, 0) is 14.3 Å². The van der Waals surface area contributed by atoms with Gasteiger partial charge in [-0.1, -0.05) is 6.07 Å². The minimum atomic E-state index is -0.950. The minimum Gasteiger partial charge on any atom is -0.507 e. The summed E-state index contributed by atoms with van der Waals surface area (Å²) in [4.78, 5) is 27.1. The number of carbonyl (C=O) groups is 2. The van der Waals surface area contributed by atoms with Crippen molar-refractivity contribution in [2.24, 2.45) is 0 Å². The Morgan fingerprint density at radius 2 is 1.69 bits per heavy atom. The van der Waals surface area contributed by atoms with Crippen molar-refractivity contribution in [3.8, 4) is 23.0 Å². The zero-order valence-corrected chi connectivity index (χ0v) is 18.2. The molecule has 1 aliphatic heterocycles. The van der Waals surface area contributed by atoms with Crippen molar-refractivity contribution in [1.29, 1.82) is 0 Å². The Balaban J connectivity index is 2.22. The van der Waals surface area contributed by atoms with Crippen LogP contribution in [0.3, 0.4) is 0 Å². The Labute approximate surface area is 185 Å². The summed E-state index contributed by atoms with van der Waals surface area (Å²) in [5.41, 5.74) is 0.521. The molecule has 1 atom stereocenters. The van der Waals surface area contributed by atoms with Gasteiger partial charge < -0.3 is 34.1 Å². The number of rotatable bonds is 8. The Morgan fingerprint density at radius 3 is 2.28 bits per heavy atom. The van der Waals surface area contributed by atoms with Crippen LogP contribution in [0.1, 0.15) is 17.2 Å². The number of hydrogen-bond acceptors (Lipinski definition) is 8. The Kier molecular flexibility index (Phi) is 6.89. The van der Waals surface area contributed by atoms with Crippen molar-refractivity contribution >= 4 is 17.4 Å². The van der Waals surface area contributed by atoms with Gasteiger partial charge in [0.2, 0.25) is 0 Å². The molecule has 2 aromatic carbocycles. The Hall–Kier alpha value is -3.72. The molecule has 32 heavy (non-hydrogen) atoms. The quantitative estimate of drug-likeness (QED) is 0.363. The summed E-state index contributed by atoms with van der Waals surface area (Å²) in [7, 11) is 5.80. The fraction of sp³-hybridized carbons (Fsp3) is 0.304. The SMILES string of the molecule is COCCN1C(=O)C(=O)/C(=C(\O)c2ccc(OC)cc2OC)C1c1ccc(OC)c(O)c1. The largest absolute Gasteiger partial charge is 0.507 e. The molecule has 1 heterocycles. The molecule has 1 fully saturated rings. The van der Waals surface area contributed by atoms with Crippen LogP contribution in [0.15, 0.2) is 42.0 Å². The summed E-state index contributed by atoms with van der Waals surface area (Å²) in [6, 6.07) is 8.29. The molecule has 2 aromatic rings. The topological polar surface area (TPSA) is 115 Å². The molecule has 0 spiro atoms. The van der Waals surface area contributed by atoms with Gasteiger partial charge in [-0.2, -0.15) is 0 Å². The molecule has 1 amide bonds. The summed E-state index contributed by atoms with van der Waals surface area (Å²) in [6.07, 6.45) is 0. The first-order valence-corrected chi connectivity index (χ1v) is 9.74. The van der Waals surface area contributed by atoms with Crippen molar-refractivity contribution < 1.29 is 38.7 Å². The van der Waals surface area contributed by atoms with Gasteiger partial charge in [0.15, 0.2) is 11.5 Å². The third kappa shape index (κ3) is 4.06. The van der Waals surface area contributed by atoms with E-state index in [1.165, 1.54) is 51.5 Å². The standard InChI is InChI=1S/C23H25NO8/c1-29-10-9-24-20(13-5-8-17(31-3)16(25)11-13)19(22(27)23(24)28)21(26)15-7-6-14(30-2)12-18(15)32-4/h5-8,11-12,20,25-26H,9-10H2,1-4H3/b21-19-. The number of phenols is 1. The maximum atomic E-state index is 13.0. The van der Waals surface area contributed by atoms with Gasteiger partial charge in [0.05, 0.1) is 45.1 Å². The number of aromatic hydroxyl groups is 1. The molecule has 170 valence electrons. The zero-order valence-electron chi connectivity index (χ0n) is 18.2. The monoisotopic (exact) mass is 443 g/mol. The second-order valence-electron chi connectivity index (χ2n) is 6.98. The molecule has 9 heteroatoms. The zero-order chi connectivity index (χ0) is 23.4. The van der Waals surface area contributed by atoms with Gasteiger partial charge in [0, 0.05) is 19.7 Å². The number of carbonyl (C=O) groups excluding carboxylic acids is 2. The molecule has 1 saturated heterocycles. The minimum absolute atomic E-state index is 0.106. The van der Waals surface area contributed by atoms with E-state index in [-0.39, 0.29) is 41.5 Å². The molecule has 3 rings (SSSR count). The normalized spacial score (nSPS) is 17.5. The first kappa shape index (κ1) is 23.0. The van der Waals surface area contributed by atoms with Crippen LogP contribution in [0, 0.1) is 0 Å². The Bertz CT molecular complexity index is 1060. The highest BCUT2D eigenvalue weighted by molar-refractivity contribution is 6.46. The van der Waals surface area contributed by atoms with E-state index in [0.29, 0.717) is 11.3 Å². The number of benzene rings is 2. The van der Waals surface area contributed by atoms with E-state index >= 15 is 0 Å². The molecule has 1 aliphatic rings. The van der Waals surface area contributed by atoms with E-state index < -0.39 is 23.5 Å². The number of ether oxygens (including phenoxy) is 4. The third-order valence-electron chi connectivity index (χ3n) is 5.26. The van der Waals surface area contributed by atoms with Crippen LogP contribution in [0.25, 0.3) is 5.76 Å². The fourth-order valence-electron chi connectivity index (χ4n) is 3.66. The summed E-state index contributed by atoms with van der Waals surface area (Å²) >= 11 is 0. The molecule has 0 aliphatic carbocycles. The smallest absolute Gasteiger partial charge is 0.295 e. The lowest BCUT2D eigenvalue weighted by Gasteiger charge is -2.25. The molecule has 2 N–H and O–H groups in total. The third-order valence-corrected chi connectivity index (χ3v) is 5.26. The molecule has 0 aromatic heterocycles. The highest BCUT2D eigenvalue weighted by atomic mass is 16.5. The fourth-order valence-corrected chi connectivity index (χ4v) is 3.66. The number of phenolic OH excluding ortho intramolecular Hbond substituents is 1. The van der Waals surface area contributed by atoms with E-state index in [9.17, 15) is 19.8 Å². The van der Waals surface area contributed by atoms with Crippen molar-refractivity contribution in [2.75, 3.05) is 41.6 Å². The second kappa shape index (κ2) is 9.61. The van der Waals surface area contributed by atoms with Gasteiger partial charge in [0.25, 0.3) is 11.7 Å². The molecular formula is C23H25NO8. The number of amides is 1. The number of nitrogens with zero attached hydrogens (tertiary/aromatic N) is 1. The first-order valence-electron chi connectivity index (χ1n) is 9.74. The second-order valence-corrected chi connectivity index (χ2v) is 6.98. The van der Waals surface area contributed by atoms with Crippen molar-refractivity contribution in [3.05, 3.63) is 53.1 Å². The predicted molar refractivity (Wildman–Crippen MR) is 115 cm³/mol. The van der Waals surface area contributed by atoms with Crippen molar-refractivity contribution in [1.82, 2.24) is 4.90 Å². The number of likely N-dealkylation sites (tertiary alicyclic amines) is 1. The van der Waals surface area contributed by atoms with Gasteiger partial charge >= 0.3 is 0 Å². The maximum Gasteiger partial charge on any atom is 0.295 e. The molecule has 0 bridgehead atoms. The van der Waals surface area contributed by atoms with Crippen LogP contribution >= 0.6 is 0 Å². The van der Waals surface area contributed by atoms with Gasteiger partial charge in [-0.3, -0.25) is 9.59 Å². The summed E-state index contributed by atoms with van der Waals surface area (Å²) in [6.45, 7) is 0.284. The van der Waals surface area contributed by atoms with Gasteiger partial charge in [-0.05, 0) is 29.8 Å². The van der Waals surface area contributed by atoms with Crippen LogP contribution in [0.2, 0.25) is 0 Å².